The van der Waals surface area contributed by atoms with Crippen molar-refractivity contribution in [2.45, 2.75) is 18.6 Å². The molecule has 2 aliphatic heterocycles. The molecule has 0 unspecified atom stereocenters. The van der Waals surface area contributed by atoms with Crippen molar-refractivity contribution in [1.82, 2.24) is 35.8 Å². The number of hydrogen-bond donors (Lipinski definition) is 2. The smallest absolute Gasteiger partial charge is 0.282 e. The molecule has 2 aromatic heterocycles. The van der Waals surface area contributed by atoms with Crippen LogP contribution < -0.4 is 14.8 Å². The van der Waals surface area contributed by atoms with Crippen LogP contribution in [0.1, 0.15) is 33.0 Å². The molecule has 4 heterocycles. The zero-order chi connectivity index (χ0) is 23.3. The van der Waals surface area contributed by atoms with E-state index in [1.165, 1.54) is 11.3 Å². The normalized spacial score (nSPS) is 16.7. The molecule has 172 valence electrons. The van der Waals surface area contributed by atoms with Crippen molar-refractivity contribution in [3.63, 3.8) is 0 Å². The average molecular weight is 478 g/mol. The van der Waals surface area contributed by atoms with Crippen molar-refractivity contribution < 1.29 is 19.1 Å². The number of ether oxygens (including phenoxy) is 2. The fraction of sp³-hybridized carbons (Fsp3) is 0.273. The highest BCUT2D eigenvalue weighted by Crippen LogP contribution is 2.36. The number of piperidine rings is 1. The van der Waals surface area contributed by atoms with Crippen LogP contribution in [0.4, 0.5) is 0 Å². The number of aromatic nitrogens is 5. The number of carbonyl (C=O) groups is 2. The Hall–Kier alpha value is -4.06. The Balaban J connectivity index is 1.17. The molecule has 6 rings (SSSR count). The fourth-order valence-corrected chi connectivity index (χ4v) is 5.25. The predicted molar refractivity (Wildman–Crippen MR) is 122 cm³/mol. The van der Waals surface area contributed by atoms with Crippen LogP contribution in [0.25, 0.3) is 21.6 Å². The summed E-state index contributed by atoms with van der Waals surface area (Å²) in [6.45, 7) is 0.878. The van der Waals surface area contributed by atoms with Gasteiger partial charge in [-0.15, -0.1) is 21.5 Å². The summed E-state index contributed by atoms with van der Waals surface area (Å²) < 4.78 is 12.4. The lowest BCUT2D eigenvalue weighted by molar-refractivity contribution is -0.0245. The highest BCUT2D eigenvalue weighted by Gasteiger charge is 2.43. The average Bonchev–Trinajstić information content (AvgIpc) is 3.54. The molecule has 34 heavy (non-hydrogen) atoms. The van der Waals surface area contributed by atoms with E-state index >= 15 is 0 Å². The highest BCUT2D eigenvalue weighted by molar-refractivity contribution is 7.20. The van der Waals surface area contributed by atoms with E-state index in [1.807, 2.05) is 18.2 Å². The maximum atomic E-state index is 13.1. The molecule has 0 aliphatic carbocycles. The molecule has 0 bridgehead atoms. The van der Waals surface area contributed by atoms with Crippen molar-refractivity contribution in [3.8, 4) is 22.9 Å². The summed E-state index contributed by atoms with van der Waals surface area (Å²) in [7, 11) is 1.61. The molecule has 0 saturated carbocycles. The summed E-state index contributed by atoms with van der Waals surface area (Å²) >= 11 is 1.35. The minimum atomic E-state index is -0.852. The number of rotatable bonds is 3. The lowest BCUT2D eigenvalue weighted by atomic mass is 9.96. The second kappa shape index (κ2) is 7.76. The Bertz CT molecular complexity index is 1410. The summed E-state index contributed by atoms with van der Waals surface area (Å²) in [4.78, 5) is 32.3. The number of likely N-dealkylation sites (tertiary alicyclic amines) is 1. The van der Waals surface area contributed by atoms with Crippen LogP contribution in [0.3, 0.4) is 0 Å². The van der Waals surface area contributed by atoms with Gasteiger partial charge in [0.15, 0.2) is 10.7 Å². The molecule has 2 aromatic carbocycles. The van der Waals surface area contributed by atoms with Gasteiger partial charge in [0.05, 0.1) is 22.9 Å². The van der Waals surface area contributed by atoms with E-state index in [0.29, 0.717) is 53.6 Å². The number of methoxy groups -OCH3 is 1. The van der Waals surface area contributed by atoms with E-state index in [9.17, 15) is 9.59 Å². The Morgan fingerprint density at radius 2 is 2.06 bits per heavy atom. The van der Waals surface area contributed by atoms with E-state index in [1.54, 1.807) is 30.2 Å². The van der Waals surface area contributed by atoms with Crippen LogP contribution in [0, 0.1) is 0 Å². The second-order valence-corrected chi connectivity index (χ2v) is 9.17. The summed E-state index contributed by atoms with van der Waals surface area (Å²) in [6.07, 6.45) is 0.935. The second-order valence-electron chi connectivity index (χ2n) is 8.14. The molecule has 1 spiro atoms. The third-order valence-corrected chi connectivity index (χ3v) is 7.12. The monoisotopic (exact) mass is 477 g/mol. The summed E-state index contributed by atoms with van der Waals surface area (Å²) in [6, 6.07) is 10.8. The zero-order valence-electron chi connectivity index (χ0n) is 18.1. The number of H-pyrrole nitrogens is 1. The van der Waals surface area contributed by atoms with Crippen molar-refractivity contribution >= 4 is 33.4 Å². The summed E-state index contributed by atoms with van der Waals surface area (Å²) in [5.74, 6) is 1.27. The van der Waals surface area contributed by atoms with E-state index in [4.69, 9.17) is 9.47 Å². The Morgan fingerprint density at radius 1 is 1.21 bits per heavy atom. The molecule has 1 fully saturated rings. The van der Waals surface area contributed by atoms with E-state index in [-0.39, 0.29) is 11.8 Å². The third kappa shape index (κ3) is 3.43. The van der Waals surface area contributed by atoms with Crippen LogP contribution in [0.2, 0.25) is 0 Å². The van der Waals surface area contributed by atoms with Crippen LogP contribution in [0.15, 0.2) is 36.4 Å². The largest absolute Gasteiger partial charge is 0.497 e. The topological polar surface area (TPSA) is 135 Å². The van der Waals surface area contributed by atoms with E-state index < -0.39 is 5.72 Å². The minimum Gasteiger partial charge on any atom is -0.497 e. The van der Waals surface area contributed by atoms with Crippen molar-refractivity contribution in [2.75, 3.05) is 20.2 Å². The number of tetrazole rings is 1. The number of hydrogen-bond acceptors (Lipinski definition) is 9. The molecule has 2 aliphatic rings. The fourth-order valence-electron chi connectivity index (χ4n) is 4.29. The van der Waals surface area contributed by atoms with Crippen molar-refractivity contribution in [3.05, 3.63) is 47.0 Å². The first-order valence-corrected chi connectivity index (χ1v) is 11.5. The first-order chi connectivity index (χ1) is 16.5. The van der Waals surface area contributed by atoms with Gasteiger partial charge in [0.1, 0.15) is 11.5 Å². The standard InChI is InChI=1S/C22H19N7O4S/c1-32-13-3-4-15-17(11-13)34-20(23-15)21(31)29-8-6-22(7-9-29)24-19(30)14-10-12(2-5-16(14)33-22)18-25-27-28-26-18/h2-5,10-11H,6-9H2,1H3,(H,24,30)(H,25,26,27,28). The van der Waals surface area contributed by atoms with E-state index in [0.717, 1.165) is 16.0 Å². The zero-order valence-corrected chi connectivity index (χ0v) is 18.9. The SMILES string of the molecule is COc1ccc2nc(C(=O)N3CCC4(CC3)NC(=O)c3cc(-c5nn[nH]n5)ccc3O4)sc2c1. The first-order valence-electron chi connectivity index (χ1n) is 10.7. The molecular weight excluding hydrogens is 458 g/mol. The van der Waals surface area contributed by atoms with Gasteiger partial charge in [-0.3, -0.25) is 9.59 Å². The molecular formula is C22H19N7O4S. The van der Waals surface area contributed by atoms with Gasteiger partial charge < -0.3 is 19.7 Å². The maximum Gasteiger partial charge on any atom is 0.282 e. The van der Waals surface area contributed by atoms with Crippen molar-refractivity contribution in [2.24, 2.45) is 0 Å². The lowest BCUT2D eigenvalue weighted by Crippen LogP contribution is -2.61. The molecule has 1 saturated heterocycles. The van der Waals surface area contributed by atoms with Gasteiger partial charge in [-0.2, -0.15) is 5.21 Å². The molecule has 2 amide bonds. The Morgan fingerprint density at radius 3 is 2.82 bits per heavy atom. The number of amides is 2. The lowest BCUT2D eigenvalue weighted by Gasteiger charge is -2.44. The molecule has 2 N–H and O–H groups in total. The predicted octanol–water partition coefficient (Wildman–Crippen LogP) is 2.24. The van der Waals surface area contributed by atoms with Gasteiger partial charge in [-0.1, -0.05) is 0 Å². The Labute approximate surface area is 197 Å². The van der Waals surface area contributed by atoms with Gasteiger partial charge in [0.25, 0.3) is 11.8 Å². The maximum absolute atomic E-state index is 13.1. The number of nitrogens with one attached hydrogen (secondary N) is 2. The minimum absolute atomic E-state index is 0.123. The summed E-state index contributed by atoms with van der Waals surface area (Å²) in [5.41, 5.74) is 0.991. The van der Waals surface area contributed by atoms with Crippen molar-refractivity contribution in [1.29, 1.82) is 0 Å². The first kappa shape index (κ1) is 20.5. The Kier molecular flexibility index (Phi) is 4.69. The molecule has 4 aromatic rings. The number of carbonyl (C=O) groups excluding carboxylic acids is 2. The van der Waals surface area contributed by atoms with Gasteiger partial charge in [-0.05, 0) is 41.6 Å². The number of thiazole rings is 1. The van der Waals surface area contributed by atoms with Crippen LogP contribution in [-0.4, -0.2) is 68.2 Å². The van der Waals surface area contributed by atoms with E-state index in [2.05, 4.69) is 30.9 Å². The van der Waals surface area contributed by atoms with Crippen LogP contribution >= 0.6 is 11.3 Å². The molecule has 12 heteroatoms. The third-order valence-electron chi connectivity index (χ3n) is 6.11. The number of benzene rings is 2. The van der Waals surface area contributed by atoms with Gasteiger partial charge >= 0.3 is 0 Å². The molecule has 0 atom stereocenters. The quantitative estimate of drug-likeness (QED) is 0.459. The molecule has 0 radical (unpaired) electrons. The number of nitrogens with zero attached hydrogens (tertiary/aromatic N) is 5. The number of fused-ring (bicyclic) bond motifs is 2. The van der Waals surface area contributed by atoms with Crippen LogP contribution in [0.5, 0.6) is 11.5 Å². The molecule has 11 nitrogen and oxygen atoms in total. The van der Waals surface area contributed by atoms with Gasteiger partial charge in [0, 0.05) is 31.5 Å². The van der Waals surface area contributed by atoms with Gasteiger partial charge in [-0.25, -0.2) is 4.98 Å². The highest BCUT2D eigenvalue weighted by atomic mass is 32.1. The number of aromatic amines is 1. The van der Waals surface area contributed by atoms with Gasteiger partial charge in [0.2, 0.25) is 5.82 Å². The van der Waals surface area contributed by atoms with Crippen LogP contribution in [-0.2, 0) is 0 Å². The summed E-state index contributed by atoms with van der Waals surface area (Å²) in [5, 5.41) is 17.3.